The van der Waals surface area contributed by atoms with Crippen molar-refractivity contribution < 1.29 is 4.52 Å². The van der Waals surface area contributed by atoms with E-state index in [1.54, 1.807) is 6.26 Å². The Bertz CT molecular complexity index is 1400. The van der Waals surface area contributed by atoms with Gasteiger partial charge in [-0.05, 0) is 57.9 Å². The Balaban J connectivity index is 1.19. The predicted molar refractivity (Wildman–Crippen MR) is 134 cm³/mol. The Morgan fingerprint density at radius 2 is 1.61 bits per heavy atom. The van der Waals surface area contributed by atoms with Crippen LogP contribution in [0.15, 0.2) is 102 Å². The summed E-state index contributed by atoms with van der Waals surface area (Å²) in [6.45, 7) is 0.768. The molecule has 4 aromatic carbocycles. The van der Waals surface area contributed by atoms with Gasteiger partial charge in [-0.15, -0.1) is 0 Å². The lowest BCUT2D eigenvalue weighted by Gasteiger charge is -2.10. The van der Waals surface area contributed by atoms with Gasteiger partial charge >= 0.3 is 0 Å². The molecule has 3 nitrogen and oxygen atoms in total. The minimum absolute atomic E-state index is 0.352. The van der Waals surface area contributed by atoms with E-state index >= 15 is 0 Å². The maximum atomic E-state index is 5.38. The largest absolute Gasteiger partial charge is 0.377 e. The molecule has 162 valence electrons. The zero-order chi connectivity index (χ0) is 22.0. The van der Waals surface area contributed by atoms with Gasteiger partial charge in [-0.3, -0.25) is 0 Å². The number of fused-ring (bicyclic) bond motifs is 2. The first-order chi connectivity index (χ1) is 16.3. The van der Waals surface area contributed by atoms with E-state index in [1.165, 1.54) is 38.6 Å². The van der Waals surface area contributed by atoms with E-state index in [4.69, 9.17) is 4.52 Å². The van der Waals surface area contributed by atoms with Crippen LogP contribution in [0.25, 0.3) is 10.8 Å². The summed E-state index contributed by atoms with van der Waals surface area (Å²) in [5.74, 6) is 0.352. The molecule has 1 unspecified atom stereocenters. The quantitative estimate of drug-likeness (QED) is 0.318. The van der Waals surface area contributed by atoms with E-state index in [0.29, 0.717) is 5.92 Å². The minimum atomic E-state index is 0.352. The number of anilines is 1. The zero-order valence-corrected chi connectivity index (χ0v) is 18.5. The van der Waals surface area contributed by atoms with Gasteiger partial charge < -0.3 is 9.84 Å². The second kappa shape index (κ2) is 8.59. The summed E-state index contributed by atoms with van der Waals surface area (Å²) in [5, 5.41) is 10.5. The normalized spacial score (nSPS) is 15.0. The molecule has 0 saturated heterocycles. The maximum Gasteiger partial charge on any atom is 0.147 e. The van der Waals surface area contributed by atoms with Crippen molar-refractivity contribution in [3.63, 3.8) is 0 Å². The summed E-state index contributed by atoms with van der Waals surface area (Å²) in [7, 11) is 0. The Kier molecular flexibility index (Phi) is 5.16. The fourth-order valence-corrected chi connectivity index (χ4v) is 5.11. The van der Waals surface area contributed by atoms with E-state index in [1.807, 2.05) is 6.07 Å². The first-order valence-electron chi connectivity index (χ1n) is 11.6. The van der Waals surface area contributed by atoms with Crippen LogP contribution in [-0.4, -0.2) is 5.16 Å². The highest BCUT2D eigenvalue weighted by Gasteiger charge is 2.27. The van der Waals surface area contributed by atoms with Crippen LogP contribution in [0, 0.1) is 0 Å². The van der Waals surface area contributed by atoms with Crippen molar-refractivity contribution in [1.29, 1.82) is 0 Å². The second-order valence-corrected chi connectivity index (χ2v) is 8.98. The molecular formula is C30H26N2O. The zero-order valence-electron chi connectivity index (χ0n) is 18.5. The van der Waals surface area contributed by atoms with Crippen LogP contribution in [0.2, 0.25) is 0 Å². The Morgan fingerprint density at radius 1 is 0.788 bits per heavy atom. The van der Waals surface area contributed by atoms with Crippen LogP contribution >= 0.6 is 0 Å². The number of nitrogens with one attached hydrogen (secondary N) is 1. The van der Waals surface area contributed by atoms with Crippen LogP contribution in [0.3, 0.4) is 0 Å². The van der Waals surface area contributed by atoms with E-state index in [0.717, 1.165) is 37.2 Å². The van der Waals surface area contributed by atoms with Crippen molar-refractivity contribution in [3.8, 4) is 0 Å². The summed E-state index contributed by atoms with van der Waals surface area (Å²) in [4.78, 5) is 0. The fourth-order valence-electron chi connectivity index (χ4n) is 5.11. The van der Waals surface area contributed by atoms with Crippen LogP contribution in [0.1, 0.15) is 39.4 Å². The molecule has 1 aromatic heterocycles. The molecule has 0 aliphatic heterocycles. The molecule has 0 saturated carbocycles. The third kappa shape index (κ3) is 4.03. The second-order valence-electron chi connectivity index (χ2n) is 8.98. The van der Waals surface area contributed by atoms with E-state index < -0.39 is 0 Å². The van der Waals surface area contributed by atoms with Crippen molar-refractivity contribution in [2.75, 3.05) is 5.32 Å². The monoisotopic (exact) mass is 430 g/mol. The van der Waals surface area contributed by atoms with Crippen molar-refractivity contribution in [2.24, 2.45) is 0 Å². The molecule has 1 aliphatic rings. The molecule has 0 radical (unpaired) electrons. The number of aromatic nitrogens is 1. The number of hydrogen-bond acceptors (Lipinski definition) is 3. The molecule has 0 fully saturated rings. The minimum Gasteiger partial charge on any atom is -0.377 e. The van der Waals surface area contributed by atoms with E-state index in [-0.39, 0.29) is 0 Å². The van der Waals surface area contributed by atoms with Crippen LogP contribution in [-0.2, 0) is 25.8 Å². The molecule has 33 heavy (non-hydrogen) atoms. The standard InChI is InChI=1S/C30H26N2O/c1-2-7-21(8-3-1)19-31-29-20-33-32-30(29)27-17-24-14-13-22(16-26(24)18-27)15-25-11-6-10-23-9-4-5-12-28(23)25/h1-14,16,20,27,31H,15,17-19H2. The summed E-state index contributed by atoms with van der Waals surface area (Å²) >= 11 is 0. The highest BCUT2D eigenvalue weighted by Crippen LogP contribution is 2.37. The molecule has 1 aliphatic carbocycles. The number of nitrogens with zero attached hydrogens (tertiary/aromatic N) is 1. The lowest BCUT2D eigenvalue weighted by Crippen LogP contribution is -2.05. The van der Waals surface area contributed by atoms with Crippen molar-refractivity contribution in [1.82, 2.24) is 5.16 Å². The van der Waals surface area contributed by atoms with Gasteiger partial charge in [-0.1, -0.05) is 96.2 Å². The van der Waals surface area contributed by atoms with E-state index in [2.05, 4.69) is 95.4 Å². The van der Waals surface area contributed by atoms with Crippen LogP contribution < -0.4 is 5.32 Å². The molecule has 1 atom stereocenters. The summed E-state index contributed by atoms with van der Waals surface area (Å²) in [5.41, 5.74) is 8.91. The highest BCUT2D eigenvalue weighted by molar-refractivity contribution is 5.85. The fraction of sp³-hybridized carbons (Fsp3) is 0.167. The molecule has 1 heterocycles. The lowest BCUT2D eigenvalue weighted by molar-refractivity contribution is 0.405. The van der Waals surface area contributed by atoms with Crippen molar-refractivity contribution >= 4 is 16.5 Å². The van der Waals surface area contributed by atoms with Gasteiger partial charge in [0.25, 0.3) is 0 Å². The molecule has 3 heteroatoms. The Labute approximate surface area is 194 Å². The van der Waals surface area contributed by atoms with Gasteiger partial charge in [0, 0.05) is 12.5 Å². The average Bonchev–Trinajstić information content (AvgIpc) is 3.50. The Morgan fingerprint density at radius 3 is 2.55 bits per heavy atom. The van der Waals surface area contributed by atoms with Crippen molar-refractivity contribution in [3.05, 3.63) is 131 Å². The van der Waals surface area contributed by atoms with Gasteiger partial charge in [0.1, 0.15) is 12.0 Å². The maximum absolute atomic E-state index is 5.38. The predicted octanol–water partition coefficient (Wildman–Crippen LogP) is 6.91. The molecular weight excluding hydrogens is 404 g/mol. The van der Waals surface area contributed by atoms with Gasteiger partial charge in [0.2, 0.25) is 0 Å². The van der Waals surface area contributed by atoms with Gasteiger partial charge in [-0.25, -0.2) is 0 Å². The third-order valence-corrected chi connectivity index (χ3v) is 6.79. The molecule has 1 N–H and O–H groups in total. The number of rotatable bonds is 6. The molecule has 5 aromatic rings. The molecule has 6 rings (SSSR count). The molecule has 0 amide bonds. The van der Waals surface area contributed by atoms with Crippen LogP contribution in [0.5, 0.6) is 0 Å². The van der Waals surface area contributed by atoms with Gasteiger partial charge in [0.05, 0.1) is 5.69 Å². The summed E-state index contributed by atoms with van der Waals surface area (Å²) in [6, 6.07) is 32.7. The van der Waals surface area contributed by atoms with Crippen LogP contribution in [0.4, 0.5) is 5.69 Å². The number of benzene rings is 4. The van der Waals surface area contributed by atoms with Gasteiger partial charge in [0.15, 0.2) is 0 Å². The first kappa shape index (κ1) is 19.8. The Hall–Kier alpha value is -3.85. The molecule has 0 spiro atoms. The summed E-state index contributed by atoms with van der Waals surface area (Å²) in [6.07, 6.45) is 4.71. The lowest BCUT2D eigenvalue weighted by atomic mass is 9.96. The van der Waals surface area contributed by atoms with Crippen molar-refractivity contribution in [2.45, 2.75) is 31.7 Å². The third-order valence-electron chi connectivity index (χ3n) is 6.79. The topological polar surface area (TPSA) is 38.1 Å². The average molecular weight is 431 g/mol. The summed E-state index contributed by atoms with van der Waals surface area (Å²) < 4.78 is 5.38. The smallest absolute Gasteiger partial charge is 0.147 e. The van der Waals surface area contributed by atoms with Gasteiger partial charge in [-0.2, -0.15) is 0 Å². The van der Waals surface area contributed by atoms with E-state index in [9.17, 15) is 0 Å². The number of hydrogen-bond donors (Lipinski definition) is 1. The molecule has 0 bridgehead atoms. The first-order valence-corrected chi connectivity index (χ1v) is 11.6. The highest BCUT2D eigenvalue weighted by atomic mass is 16.5. The SMILES string of the molecule is c1ccc(CNc2conc2C2Cc3ccc(Cc4cccc5ccccc45)cc3C2)cc1.